The van der Waals surface area contributed by atoms with Crippen molar-refractivity contribution in [3.8, 4) is 0 Å². The van der Waals surface area contributed by atoms with Crippen LogP contribution in [0.1, 0.15) is 18.9 Å². The molecule has 0 bridgehead atoms. The van der Waals surface area contributed by atoms with Gasteiger partial charge in [-0.1, -0.05) is 18.5 Å². The molecule has 0 aliphatic heterocycles. The molecule has 0 saturated heterocycles. The van der Waals surface area contributed by atoms with Crippen molar-refractivity contribution in [3.63, 3.8) is 0 Å². The van der Waals surface area contributed by atoms with E-state index in [1.807, 2.05) is 6.92 Å². The van der Waals surface area contributed by atoms with E-state index in [4.69, 9.17) is 17.4 Å². The standard InChI is InChI=1S/C11H14ClF3N4/c1-2-5-17-10(19-16)18-9-4-3-7(12)6-8(9)11(13,14)15/h3-4,6H,2,5,16H2,1H3,(H2,17,18,19). The zero-order valence-electron chi connectivity index (χ0n) is 10.2. The highest BCUT2D eigenvalue weighted by Gasteiger charge is 2.34. The zero-order chi connectivity index (χ0) is 14.5. The topological polar surface area (TPSA) is 62.4 Å². The summed E-state index contributed by atoms with van der Waals surface area (Å²) >= 11 is 5.58. The van der Waals surface area contributed by atoms with Gasteiger partial charge in [0.2, 0.25) is 5.96 Å². The summed E-state index contributed by atoms with van der Waals surface area (Å²) < 4.78 is 38.5. The van der Waals surface area contributed by atoms with E-state index in [0.717, 1.165) is 12.5 Å². The van der Waals surface area contributed by atoms with Crippen molar-refractivity contribution in [2.75, 3.05) is 11.9 Å². The molecule has 0 fully saturated rings. The third kappa shape index (κ3) is 4.60. The highest BCUT2D eigenvalue weighted by atomic mass is 35.5. The Morgan fingerprint density at radius 3 is 2.63 bits per heavy atom. The highest BCUT2D eigenvalue weighted by Crippen LogP contribution is 2.36. The quantitative estimate of drug-likeness (QED) is 0.347. The number of nitrogens with zero attached hydrogens (tertiary/aromatic N) is 1. The molecule has 4 nitrogen and oxygen atoms in total. The van der Waals surface area contributed by atoms with Gasteiger partial charge in [-0.3, -0.25) is 10.4 Å². The monoisotopic (exact) mass is 294 g/mol. The molecule has 0 heterocycles. The van der Waals surface area contributed by atoms with Gasteiger partial charge in [0, 0.05) is 11.6 Å². The molecule has 4 N–H and O–H groups in total. The first-order valence-corrected chi connectivity index (χ1v) is 5.91. The Kier molecular flexibility index (Phi) is 5.44. The number of nitrogens with two attached hydrogens (primary N) is 1. The summed E-state index contributed by atoms with van der Waals surface area (Å²) in [6.45, 7) is 2.34. The lowest BCUT2D eigenvalue weighted by Crippen LogP contribution is -2.37. The van der Waals surface area contributed by atoms with Crippen LogP contribution in [-0.4, -0.2) is 12.5 Å². The van der Waals surface area contributed by atoms with Crippen molar-refractivity contribution >= 4 is 23.2 Å². The average Bonchev–Trinajstić information content (AvgIpc) is 2.34. The number of halogens is 4. The number of hydrogen-bond acceptors (Lipinski definition) is 2. The lowest BCUT2D eigenvalue weighted by Gasteiger charge is -2.15. The number of nitrogens with one attached hydrogen (secondary N) is 2. The molecule has 0 aliphatic rings. The van der Waals surface area contributed by atoms with E-state index in [1.165, 1.54) is 12.1 Å². The first-order valence-electron chi connectivity index (χ1n) is 5.53. The number of hydrogen-bond donors (Lipinski definition) is 3. The smallest absolute Gasteiger partial charge is 0.325 e. The van der Waals surface area contributed by atoms with Gasteiger partial charge < -0.3 is 5.32 Å². The van der Waals surface area contributed by atoms with Crippen LogP contribution in [0.3, 0.4) is 0 Å². The summed E-state index contributed by atoms with van der Waals surface area (Å²) in [7, 11) is 0. The van der Waals surface area contributed by atoms with Crippen molar-refractivity contribution in [3.05, 3.63) is 28.8 Å². The zero-order valence-corrected chi connectivity index (χ0v) is 10.9. The van der Waals surface area contributed by atoms with Crippen LogP contribution in [0.5, 0.6) is 0 Å². The SMILES string of the molecule is CCCN=C(NN)Nc1ccc(Cl)cc1C(F)(F)F. The fourth-order valence-electron chi connectivity index (χ4n) is 1.33. The molecule has 1 rings (SSSR count). The van der Waals surface area contributed by atoms with E-state index in [9.17, 15) is 13.2 Å². The van der Waals surface area contributed by atoms with E-state index >= 15 is 0 Å². The van der Waals surface area contributed by atoms with E-state index in [0.29, 0.717) is 6.54 Å². The number of anilines is 1. The second kappa shape index (κ2) is 6.63. The van der Waals surface area contributed by atoms with Crippen LogP contribution in [0.2, 0.25) is 5.02 Å². The van der Waals surface area contributed by atoms with Gasteiger partial charge in [0.05, 0.1) is 11.3 Å². The van der Waals surface area contributed by atoms with Gasteiger partial charge in [-0.15, -0.1) is 0 Å². The second-order valence-electron chi connectivity index (χ2n) is 3.69. The van der Waals surface area contributed by atoms with Crippen LogP contribution in [0, 0.1) is 0 Å². The predicted molar refractivity (Wildman–Crippen MR) is 70.0 cm³/mol. The van der Waals surface area contributed by atoms with E-state index < -0.39 is 11.7 Å². The lowest BCUT2D eigenvalue weighted by molar-refractivity contribution is -0.136. The molecule has 1 aromatic rings. The predicted octanol–water partition coefficient (Wildman–Crippen LogP) is 3.00. The largest absolute Gasteiger partial charge is 0.418 e. The van der Waals surface area contributed by atoms with Crippen molar-refractivity contribution < 1.29 is 13.2 Å². The highest BCUT2D eigenvalue weighted by molar-refractivity contribution is 6.30. The normalized spacial score (nSPS) is 12.4. The van der Waals surface area contributed by atoms with Crippen LogP contribution >= 0.6 is 11.6 Å². The van der Waals surface area contributed by atoms with Crippen LogP contribution < -0.4 is 16.6 Å². The molecule has 0 saturated carbocycles. The number of guanidine groups is 1. The Hall–Kier alpha value is -1.47. The van der Waals surface area contributed by atoms with Crippen LogP contribution in [0.25, 0.3) is 0 Å². The Morgan fingerprint density at radius 2 is 2.11 bits per heavy atom. The van der Waals surface area contributed by atoms with Crippen LogP contribution in [0.4, 0.5) is 18.9 Å². The molecule has 19 heavy (non-hydrogen) atoms. The molecule has 0 radical (unpaired) electrons. The average molecular weight is 295 g/mol. The first-order chi connectivity index (χ1) is 8.88. The van der Waals surface area contributed by atoms with Crippen molar-refractivity contribution in [2.45, 2.75) is 19.5 Å². The number of hydrazine groups is 1. The Bertz CT molecular complexity index is 460. The minimum absolute atomic E-state index is 0.00521. The molecule has 0 atom stereocenters. The third-order valence-electron chi connectivity index (χ3n) is 2.17. The molecular weight excluding hydrogens is 281 g/mol. The Balaban J connectivity index is 3.06. The second-order valence-corrected chi connectivity index (χ2v) is 4.12. The summed E-state index contributed by atoms with van der Waals surface area (Å²) in [5.74, 6) is 5.26. The van der Waals surface area contributed by atoms with Gasteiger partial charge >= 0.3 is 6.18 Å². The van der Waals surface area contributed by atoms with Crippen LogP contribution in [-0.2, 0) is 6.18 Å². The van der Waals surface area contributed by atoms with E-state index in [2.05, 4.69) is 15.7 Å². The van der Waals surface area contributed by atoms with Crippen molar-refractivity contribution in [1.82, 2.24) is 5.43 Å². The van der Waals surface area contributed by atoms with Gasteiger partial charge in [0.15, 0.2) is 0 Å². The molecule has 0 aromatic heterocycles. The fourth-order valence-corrected chi connectivity index (χ4v) is 1.50. The molecule has 0 amide bonds. The summed E-state index contributed by atoms with van der Waals surface area (Å²) in [6.07, 6.45) is -3.77. The minimum Gasteiger partial charge on any atom is -0.325 e. The maximum Gasteiger partial charge on any atom is 0.418 e. The number of rotatable bonds is 3. The van der Waals surface area contributed by atoms with Crippen molar-refractivity contribution in [1.29, 1.82) is 0 Å². The summed E-state index contributed by atoms with van der Waals surface area (Å²) in [6, 6.07) is 3.43. The van der Waals surface area contributed by atoms with Gasteiger partial charge in [0.25, 0.3) is 0 Å². The van der Waals surface area contributed by atoms with Gasteiger partial charge in [-0.05, 0) is 24.6 Å². The fraction of sp³-hybridized carbons (Fsp3) is 0.364. The van der Waals surface area contributed by atoms with Gasteiger partial charge in [0.1, 0.15) is 0 Å². The van der Waals surface area contributed by atoms with Gasteiger partial charge in [-0.25, -0.2) is 5.84 Å². The molecule has 0 spiro atoms. The molecule has 8 heteroatoms. The lowest BCUT2D eigenvalue weighted by atomic mass is 10.1. The number of aliphatic imine (C=N–C) groups is 1. The molecule has 1 aromatic carbocycles. The van der Waals surface area contributed by atoms with E-state index in [1.54, 1.807) is 0 Å². The maximum atomic E-state index is 12.8. The van der Waals surface area contributed by atoms with E-state index in [-0.39, 0.29) is 16.7 Å². The first kappa shape index (κ1) is 15.6. The summed E-state index contributed by atoms with van der Waals surface area (Å²) in [5.41, 5.74) is 1.18. The number of alkyl halides is 3. The maximum absolute atomic E-state index is 12.8. The van der Waals surface area contributed by atoms with Crippen LogP contribution in [0.15, 0.2) is 23.2 Å². The molecular formula is C11H14ClF3N4. The molecule has 0 unspecified atom stereocenters. The van der Waals surface area contributed by atoms with Gasteiger partial charge in [-0.2, -0.15) is 13.2 Å². The summed E-state index contributed by atoms with van der Waals surface area (Å²) in [5, 5.41) is 2.51. The third-order valence-corrected chi connectivity index (χ3v) is 2.41. The molecule has 0 aliphatic carbocycles. The molecule has 106 valence electrons. The summed E-state index contributed by atoms with van der Waals surface area (Å²) in [4.78, 5) is 3.97. The number of benzene rings is 1. The minimum atomic E-state index is -4.52. The Morgan fingerprint density at radius 1 is 1.42 bits per heavy atom. The Labute approximate surface area is 113 Å². The van der Waals surface area contributed by atoms with Crippen molar-refractivity contribution in [2.24, 2.45) is 10.8 Å².